The van der Waals surface area contributed by atoms with Crippen LogP contribution in [0.15, 0.2) is 42.0 Å². The monoisotopic (exact) mass is 259 g/mol. The summed E-state index contributed by atoms with van der Waals surface area (Å²) >= 11 is 1.55. The van der Waals surface area contributed by atoms with E-state index in [4.69, 9.17) is 0 Å². The molecule has 18 heavy (non-hydrogen) atoms. The SMILES string of the molecule is O=[N+]([O-])c1ccccc1Cc1cn2ccsc2n1. The van der Waals surface area contributed by atoms with Crippen molar-refractivity contribution in [3.05, 3.63) is 63.4 Å². The van der Waals surface area contributed by atoms with Gasteiger partial charge in [-0.1, -0.05) is 18.2 Å². The van der Waals surface area contributed by atoms with E-state index in [9.17, 15) is 10.1 Å². The number of hydrogen-bond acceptors (Lipinski definition) is 4. The van der Waals surface area contributed by atoms with Gasteiger partial charge in [0.25, 0.3) is 5.69 Å². The molecule has 3 rings (SSSR count). The highest BCUT2D eigenvalue weighted by molar-refractivity contribution is 7.15. The van der Waals surface area contributed by atoms with E-state index in [0.717, 1.165) is 10.7 Å². The number of hydrogen-bond donors (Lipinski definition) is 0. The van der Waals surface area contributed by atoms with Crippen molar-refractivity contribution in [1.29, 1.82) is 0 Å². The van der Waals surface area contributed by atoms with Crippen molar-refractivity contribution in [3.63, 3.8) is 0 Å². The van der Waals surface area contributed by atoms with Crippen LogP contribution in [-0.2, 0) is 6.42 Å². The zero-order chi connectivity index (χ0) is 12.5. The van der Waals surface area contributed by atoms with E-state index in [1.54, 1.807) is 29.5 Å². The van der Waals surface area contributed by atoms with Gasteiger partial charge in [-0.25, -0.2) is 4.98 Å². The molecule has 0 amide bonds. The Hall–Kier alpha value is -2.21. The second-order valence-electron chi connectivity index (χ2n) is 3.89. The van der Waals surface area contributed by atoms with Crippen LogP contribution in [0.25, 0.3) is 4.96 Å². The zero-order valence-electron chi connectivity index (χ0n) is 9.31. The lowest BCUT2D eigenvalue weighted by Crippen LogP contribution is -1.96. The number of para-hydroxylation sites is 1. The highest BCUT2D eigenvalue weighted by atomic mass is 32.1. The van der Waals surface area contributed by atoms with Crippen molar-refractivity contribution in [3.8, 4) is 0 Å². The number of nitro groups is 1. The molecule has 0 aliphatic carbocycles. The van der Waals surface area contributed by atoms with Crippen molar-refractivity contribution in [2.24, 2.45) is 0 Å². The molecule has 2 heterocycles. The van der Waals surface area contributed by atoms with Crippen LogP contribution in [0.1, 0.15) is 11.3 Å². The molecular formula is C12H9N3O2S. The third-order valence-corrected chi connectivity index (χ3v) is 3.47. The van der Waals surface area contributed by atoms with E-state index in [2.05, 4.69) is 4.98 Å². The number of imidazole rings is 1. The maximum atomic E-state index is 10.9. The van der Waals surface area contributed by atoms with E-state index in [1.807, 2.05) is 22.2 Å². The van der Waals surface area contributed by atoms with Crippen molar-refractivity contribution in [2.45, 2.75) is 6.42 Å². The molecule has 0 aliphatic heterocycles. The summed E-state index contributed by atoms with van der Waals surface area (Å²) in [6, 6.07) is 6.77. The Morgan fingerprint density at radius 3 is 3.00 bits per heavy atom. The predicted molar refractivity (Wildman–Crippen MR) is 69.0 cm³/mol. The molecule has 0 saturated carbocycles. The summed E-state index contributed by atoms with van der Waals surface area (Å²) in [5.74, 6) is 0. The molecule has 90 valence electrons. The van der Waals surface area contributed by atoms with Crippen molar-refractivity contribution in [2.75, 3.05) is 0 Å². The lowest BCUT2D eigenvalue weighted by atomic mass is 10.1. The quantitative estimate of drug-likeness (QED) is 0.536. The number of aromatic nitrogens is 2. The van der Waals surface area contributed by atoms with Gasteiger partial charge in [-0.15, -0.1) is 11.3 Å². The van der Waals surface area contributed by atoms with Crippen LogP contribution in [0.2, 0.25) is 0 Å². The highest BCUT2D eigenvalue weighted by Gasteiger charge is 2.14. The molecule has 0 atom stereocenters. The lowest BCUT2D eigenvalue weighted by molar-refractivity contribution is -0.385. The summed E-state index contributed by atoms with van der Waals surface area (Å²) in [6.45, 7) is 0. The van der Waals surface area contributed by atoms with Gasteiger partial charge in [0.15, 0.2) is 4.96 Å². The molecule has 0 bridgehead atoms. The largest absolute Gasteiger partial charge is 0.297 e. The molecular weight excluding hydrogens is 250 g/mol. The van der Waals surface area contributed by atoms with Gasteiger partial charge in [0.05, 0.1) is 10.6 Å². The molecule has 5 nitrogen and oxygen atoms in total. The Morgan fingerprint density at radius 1 is 1.39 bits per heavy atom. The van der Waals surface area contributed by atoms with Crippen LogP contribution in [0.4, 0.5) is 5.69 Å². The fourth-order valence-electron chi connectivity index (χ4n) is 1.89. The number of thiazole rings is 1. The molecule has 0 unspecified atom stereocenters. The van der Waals surface area contributed by atoms with Gasteiger partial charge in [0.2, 0.25) is 0 Å². The van der Waals surface area contributed by atoms with Crippen LogP contribution in [-0.4, -0.2) is 14.3 Å². The molecule has 0 fully saturated rings. The molecule has 0 saturated heterocycles. The van der Waals surface area contributed by atoms with Gasteiger partial charge in [-0.05, 0) is 0 Å². The van der Waals surface area contributed by atoms with Crippen molar-refractivity contribution < 1.29 is 4.92 Å². The van der Waals surface area contributed by atoms with E-state index in [0.29, 0.717) is 12.0 Å². The Morgan fingerprint density at radius 2 is 2.22 bits per heavy atom. The molecule has 0 radical (unpaired) electrons. The Labute approximate surface area is 106 Å². The van der Waals surface area contributed by atoms with Gasteiger partial charge in [-0.2, -0.15) is 0 Å². The average Bonchev–Trinajstić information content (AvgIpc) is 2.90. The summed E-state index contributed by atoms with van der Waals surface area (Å²) in [4.78, 5) is 15.9. The molecule has 0 spiro atoms. The average molecular weight is 259 g/mol. The summed E-state index contributed by atoms with van der Waals surface area (Å²) in [5, 5.41) is 12.9. The number of nitrogens with zero attached hydrogens (tertiary/aromatic N) is 3. The molecule has 2 aromatic heterocycles. The van der Waals surface area contributed by atoms with Gasteiger partial charge in [0.1, 0.15) is 0 Å². The molecule has 6 heteroatoms. The maximum absolute atomic E-state index is 10.9. The summed E-state index contributed by atoms with van der Waals surface area (Å²) in [6.07, 6.45) is 4.31. The van der Waals surface area contributed by atoms with E-state index >= 15 is 0 Å². The fourth-order valence-corrected chi connectivity index (χ4v) is 2.61. The van der Waals surface area contributed by atoms with Crippen LogP contribution in [0.3, 0.4) is 0 Å². The fraction of sp³-hybridized carbons (Fsp3) is 0.0833. The minimum Gasteiger partial charge on any atom is -0.297 e. The van der Waals surface area contributed by atoms with E-state index in [-0.39, 0.29) is 10.6 Å². The second-order valence-corrected chi connectivity index (χ2v) is 4.76. The van der Waals surface area contributed by atoms with Gasteiger partial charge in [-0.3, -0.25) is 14.5 Å². The first-order chi connectivity index (χ1) is 8.74. The first-order valence-electron chi connectivity index (χ1n) is 5.37. The Balaban J connectivity index is 1.97. The van der Waals surface area contributed by atoms with Gasteiger partial charge >= 0.3 is 0 Å². The third-order valence-electron chi connectivity index (χ3n) is 2.70. The molecule has 0 aliphatic rings. The topological polar surface area (TPSA) is 60.4 Å². The van der Waals surface area contributed by atoms with Gasteiger partial charge in [0, 0.05) is 35.8 Å². The third kappa shape index (κ3) is 1.86. The predicted octanol–water partition coefficient (Wildman–Crippen LogP) is 2.89. The molecule has 3 aromatic rings. The summed E-state index contributed by atoms with van der Waals surface area (Å²) < 4.78 is 1.93. The highest BCUT2D eigenvalue weighted by Crippen LogP contribution is 2.21. The zero-order valence-corrected chi connectivity index (χ0v) is 10.1. The number of benzene rings is 1. The number of rotatable bonds is 3. The Bertz CT molecular complexity index is 688. The van der Waals surface area contributed by atoms with Crippen molar-refractivity contribution in [1.82, 2.24) is 9.38 Å². The minimum absolute atomic E-state index is 0.147. The van der Waals surface area contributed by atoms with E-state index < -0.39 is 0 Å². The minimum atomic E-state index is -0.353. The summed E-state index contributed by atoms with van der Waals surface area (Å²) in [7, 11) is 0. The van der Waals surface area contributed by atoms with Gasteiger partial charge < -0.3 is 0 Å². The Kier molecular flexibility index (Phi) is 2.56. The summed E-state index contributed by atoms with van der Waals surface area (Å²) in [5.41, 5.74) is 1.68. The van der Waals surface area contributed by atoms with Crippen LogP contribution in [0.5, 0.6) is 0 Å². The smallest absolute Gasteiger partial charge is 0.272 e. The first-order valence-corrected chi connectivity index (χ1v) is 6.25. The first kappa shape index (κ1) is 10.9. The van der Waals surface area contributed by atoms with Crippen molar-refractivity contribution >= 4 is 22.0 Å². The van der Waals surface area contributed by atoms with Crippen LogP contribution in [0, 0.1) is 10.1 Å². The maximum Gasteiger partial charge on any atom is 0.272 e. The lowest BCUT2D eigenvalue weighted by Gasteiger charge is -1.99. The van der Waals surface area contributed by atoms with Crippen LogP contribution >= 0.6 is 11.3 Å². The van der Waals surface area contributed by atoms with Crippen LogP contribution < -0.4 is 0 Å². The normalized spacial score (nSPS) is 10.9. The second kappa shape index (κ2) is 4.23. The number of fused-ring (bicyclic) bond motifs is 1. The number of nitro benzene ring substituents is 1. The standard InChI is InChI=1S/C12H9N3O2S/c16-15(17)11-4-2-1-3-9(11)7-10-8-14-5-6-18-12(14)13-10/h1-6,8H,7H2. The van der Waals surface area contributed by atoms with E-state index in [1.165, 1.54) is 6.07 Å². The molecule has 1 aromatic carbocycles. The molecule has 0 N–H and O–H groups in total.